The van der Waals surface area contributed by atoms with Gasteiger partial charge in [0.25, 0.3) is 5.91 Å². The highest BCUT2D eigenvalue weighted by molar-refractivity contribution is 6.04. The van der Waals surface area contributed by atoms with Gasteiger partial charge in [-0.05, 0) is 37.7 Å². The van der Waals surface area contributed by atoms with Crippen molar-refractivity contribution in [2.45, 2.75) is 19.6 Å². The smallest absolute Gasteiger partial charge is 0.322 e. The number of likely N-dealkylation sites (N-methyl/N-ethyl adjacent to an activating group) is 1. The van der Waals surface area contributed by atoms with Crippen molar-refractivity contribution in [3.05, 3.63) is 101 Å². The van der Waals surface area contributed by atoms with Gasteiger partial charge in [0.2, 0.25) is 0 Å². The standard InChI is InChI=1S/C31H28F3N5O/c1-21-22(7-8-24-18-35-17-23-5-3-4-6-28(23)24)15-26(19-36-21)30(40)37-27-10-9-25(29(16-27)31(32,33)34)20-39-13-11-38(2)12-14-39/h3-6,9-10,15-19H,11-14,20H2,1-2H3,(H,37,40). The second kappa shape index (κ2) is 11.5. The minimum atomic E-state index is -4.55. The first kappa shape index (κ1) is 27.3. The van der Waals surface area contributed by atoms with Gasteiger partial charge in [-0.15, -0.1) is 0 Å². The van der Waals surface area contributed by atoms with Crippen LogP contribution in [0.4, 0.5) is 18.9 Å². The minimum Gasteiger partial charge on any atom is -0.322 e. The van der Waals surface area contributed by atoms with Gasteiger partial charge in [-0.3, -0.25) is 19.7 Å². The first-order valence-corrected chi connectivity index (χ1v) is 12.9. The predicted molar refractivity (Wildman–Crippen MR) is 149 cm³/mol. The van der Waals surface area contributed by atoms with Crippen molar-refractivity contribution in [1.29, 1.82) is 0 Å². The molecule has 1 saturated heterocycles. The molecule has 2 aromatic heterocycles. The van der Waals surface area contributed by atoms with Gasteiger partial charge in [-0.2, -0.15) is 13.2 Å². The molecule has 3 heterocycles. The summed E-state index contributed by atoms with van der Waals surface area (Å²) in [5, 5.41) is 4.52. The van der Waals surface area contributed by atoms with Crippen molar-refractivity contribution in [3.8, 4) is 11.8 Å². The maximum Gasteiger partial charge on any atom is 0.416 e. The zero-order valence-corrected chi connectivity index (χ0v) is 22.2. The number of pyridine rings is 2. The Kier molecular flexibility index (Phi) is 7.83. The van der Waals surface area contributed by atoms with Crippen LogP contribution in [-0.2, 0) is 12.7 Å². The number of aryl methyl sites for hydroxylation is 1. The maximum atomic E-state index is 14.0. The molecule has 204 valence electrons. The molecule has 0 spiro atoms. The molecular formula is C31H28F3N5O. The zero-order chi connectivity index (χ0) is 28.3. The van der Waals surface area contributed by atoms with Crippen molar-refractivity contribution >= 4 is 22.4 Å². The Hall–Kier alpha value is -4.26. The molecule has 1 aliphatic rings. The molecule has 5 rings (SSSR count). The highest BCUT2D eigenvalue weighted by Crippen LogP contribution is 2.34. The summed E-state index contributed by atoms with van der Waals surface area (Å²) >= 11 is 0. The fourth-order valence-electron chi connectivity index (χ4n) is 4.64. The summed E-state index contributed by atoms with van der Waals surface area (Å²) < 4.78 is 41.9. The fraction of sp³-hybridized carbons (Fsp3) is 0.258. The van der Waals surface area contributed by atoms with E-state index in [-0.39, 0.29) is 23.4 Å². The number of benzene rings is 2. The third-order valence-corrected chi connectivity index (χ3v) is 7.01. The summed E-state index contributed by atoms with van der Waals surface area (Å²) in [6.07, 6.45) is 0.288. The van der Waals surface area contributed by atoms with Gasteiger partial charge in [-0.1, -0.05) is 42.2 Å². The molecule has 0 aliphatic carbocycles. The second-order valence-electron chi connectivity index (χ2n) is 9.92. The molecule has 1 amide bonds. The minimum absolute atomic E-state index is 0.0643. The van der Waals surface area contributed by atoms with Gasteiger partial charge >= 0.3 is 6.18 Å². The monoisotopic (exact) mass is 543 g/mol. The Bertz CT molecular complexity index is 1610. The predicted octanol–water partition coefficient (Wildman–Crippen LogP) is 5.36. The highest BCUT2D eigenvalue weighted by Gasteiger charge is 2.34. The number of piperazine rings is 1. The van der Waals surface area contributed by atoms with E-state index in [1.54, 1.807) is 25.4 Å². The number of halogens is 3. The molecule has 4 aromatic rings. The summed E-state index contributed by atoms with van der Waals surface area (Å²) in [7, 11) is 2.00. The molecular weight excluding hydrogens is 515 g/mol. The lowest BCUT2D eigenvalue weighted by Gasteiger charge is -2.33. The van der Waals surface area contributed by atoms with E-state index in [2.05, 4.69) is 32.0 Å². The summed E-state index contributed by atoms with van der Waals surface area (Å²) in [4.78, 5) is 25.7. The number of rotatable bonds is 4. The first-order chi connectivity index (χ1) is 19.2. The summed E-state index contributed by atoms with van der Waals surface area (Å²) in [6, 6.07) is 13.3. The number of carbonyl (C=O) groups is 1. The zero-order valence-electron chi connectivity index (χ0n) is 22.2. The van der Waals surface area contributed by atoms with Crippen molar-refractivity contribution < 1.29 is 18.0 Å². The van der Waals surface area contributed by atoms with Crippen LogP contribution in [0.5, 0.6) is 0 Å². The number of carbonyl (C=O) groups excluding carboxylic acids is 1. The van der Waals surface area contributed by atoms with Crippen LogP contribution in [0.1, 0.15) is 38.3 Å². The SMILES string of the molecule is Cc1ncc(C(=O)Nc2ccc(CN3CCN(C)CC3)c(C(F)(F)F)c2)cc1C#Cc1cncc2ccccc12. The Labute approximate surface area is 230 Å². The average molecular weight is 544 g/mol. The van der Waals surface area contributed by atoms with Gasteiger partial charge in [0.1, 0.15) is 0 Å². The molecule has 2 aromatic carbocycles. The fourth-order valence-corrected chi connectivity index (χ4v) is 4.64. The Balaban J connectivity index is 1.36. The van der Waals surface area contributed by atoms with E-state index in [0.717, 1.165) is 35.5 Å². The van der Waals surface area contributed by atoms with Crippen molar-refractivity contribution in [3.63, 3.8) is 0 Å². The van der Waals surface area contributed by atoms with E-state index in [4.69, 9.17) is 0 Å². The molecule has 0 unspecified atom stereocenters. The van der Waals surface area contributed by atoms with Crippen LogP contribution in [0.3, 0.4) is 0 Å². The van der Waals surface area contributed by atoms with Crippen LogP contribution in [0.25, 0.3) is 10.8 Å². The normalized spacial score (nSPS) is 14.5. The Morgan fingerprint density at radius 3 is 2.50 bits per heavy atom. The van der Waals surface area contributed by atoms with Gasteiger partial charge in [0.15, 0.2) is 0 Å². The number of hydrogen-bond donors (Lipinski definition) is 1. The van der Waals surface area contributed by atoms with Crippen molar-refractivity contribution in [1.82, 2.24) is 19.8 Å². The number of hydrogen-bond acceptors (Lipinski definition) is 5. The number of amides is 1. The van der Waals surface area contributed by atoms with Gasteiger partial charge in [0.05, 0.1) is 22.4 Å². The molecule has 40 heavy (non-hydrogen) atoms. The molecule has 0 saturated carbocycles. The van der Waals surface area contributed by atoms with E-state index in [9.17, 15) is 18.0 Å². The first-order valence-electron chi connectivity index (χ1n) is 12.9. The van der Waals surface area contributed by atoms with E-state index in [1.165, 1.54) is 18.3 Å². The molecule has 1 N–H and O–H groups in total. The summed E-state index contributed by atoms with van der Waals surface area (Å²) in [5.41, 5.74) is 1.61. The number of nitrogens with zero attached hydrogens (tertiary/aromatic N) is 4. The van der Waals surface area contributed by atoms with Crippen LogP contribution in [-0.4, -0.2) is 58.9 Å². The van der Waals surface area contributed by atoms with Crippen LogP contribution in [0, 0.1) is 18.8 Å². The molecule has 1 aliphatic heterocycles. The Morgan fingerprint density at radius 2 is 1.73 bits per heavy atom. The molecule has 0 radical (unpaired) electrons. The topological polar surface area (TPSA) is 61.4 Å². The third-order valence-electron chi connectivity index (χ3n) is 7.01. The average Bonchev–Trinajstić information content (AvgIpc) is 2.94. The lowest BCUT2D eigenvalue weighted by molar-refractivity contribution is -0.138. The summed E-state index contributed by atoms with van der Waals surface area (Å²) in [5.74, 6) is 5.61. The number of anilines is 1. The maximum absolute atomic E-state index is 14.0. The number of alkyl halides is 3. The lowest BCUT2D eigenvalue weighted by atomic mass is 10.0. The largest absolute Gasteiger partial charge is 0.416 e. The Morgan fingerprint density at radius 1 is 0.975 bits per heavy atom. The highest BCUT2D eigenvalue weighted by atomic mass is 19.4. The van der Waals surface area contributed by atoms with E-state index in [1.807, 2.05) is 36.2 Å². The van der Waals surface area contributed by atoms with Crippen LogP contribution < -0.4 is 5.32 Å². The third kappa shape index (κ3) is 6.30. The second-order valence-corrected chi connectivity index (χ2v) is 9.92. The van der Waals surface area contributed by atoms with Gasteiger partial charge in [0, 0.05) is 73.3 Å². The number of nitrogens with one attached hydrogen (secondary N) is 1. The van der Waals surface area contributed by atoms with Crippen LogP contribution in [0.15, 0.2) is 67.1 Å². The van der Waals surface area contributed by atoms with Gasteiger partial charge in [-0.25, -0.2) is 0 Å². The molecule has 0 atom stereocenters. The van der Waals surface area contributed by atoms with Crippen LogP contribution in [0.2, 0.25) is 0 Å². The van der Waals surface area contributed by atoms with Crippen molar-refractivity contribution in [2.24, 2.45) is 0 Å². The van der Waals surface area contributed by atoms with E-state index < -0.39 is 17.6 Å². The van der Waals surface area contributed by atoms with Crippen LogP contribution >= 0.6 is 0 Å². The van der Waals surface area contributed by atoms with Crippen molar-refractivity contribution in [2.75, 3.05) is 38.5 Å². The molecule has 1 fully saturated rings. The van der Waals surface area contributed by atoms with E-state index in [0.29, 0.717) is 24.3 Å². The molecule has 0 bridgehead atoms. The quantitative estimate of drug-likeness (QED) is 0.352. The molecule has 6 nitrogen and oxygen atoms in total. The van der Waals surface area contributed by atoms with Gasteiger partial charge < -0.3 is 10.2 Å². The van der Waals surface area contributed by atoms with E-state index >= 15 is 0 Å². The summed E-state index contributed by atoms with van der Waals surface area (Å²) in [6.45, 7) is 5.01. The number of aromatic nitrogens is 2. The molecule has 9 heteroatoms. The number of fused-ring (bicyclic) bond motifs is 1. The lowest BCUT2D eigenvalue weighted by Crippen LogP contribution is -2.44.